The molecule has 0 aliphatic carbocycles. The van der Waals surface area contributed by atoms with Gasteiger partial charge in [-0.25, -0.2) is 9.88 Å². The molecule has 0 bridgehead atoms. The second kappa shape index (κ2) is 7.52. The number of imidazole rings is 1. The van der Waals surface area contributed by atoms with Gasteiger partial charge in [-0.05, 0) is 62.7 Å². The average molecular weight is 423 g/mol. The number of benzene rings is 2. The molecule has 2 saturated heterocycles. The van der Waals surface area contributed by atoms with Crippen LogP contribution in [-0.2, 0) is 9.59 Å². The second-order valence-electron chi connectivity index (χ2n) is 8.17. The first-order valence-corrected chi connectivity index (χ1v) is 10.7. The van der Waals surface area contributed by atoms with Crippen LogP contribution in [0.3, 0.4) is 0 Å². The van der Waals surface area contributed by atoms with Gasteiger partial charge in [-0.15, -0.1) is 0 Å². The number of amides is 2. The van der Waals surface area contributed by atoms with Crippen LogP contribution in [0.25, 0.3) is 11.0 Å². The summed E-state index contributed by atoms with van der Waals surface area (Å²) in [6.45, 7) is 3.44. The van der Waals surface area contributed by atoms with Gasteiger partial charge in [-0.1, -0.05) is 29.8 Å². The zero-order valence-corrected chi connectivity index (χ0v) is 17.5. The highest BCUT2D eigenvalue weighted by molar-refractivity contribution is 6.32. The zero-order chi connectivity index (χ0) is 20.8. The number of hydrogen-bond donors (Lipinski definition) is 1. The quantitative estimate of drug-likeness (QED) is 0.647. The number of nitrogens with one attached hydrogen (secondary N) is 1. The van der Waals surface area contributed by atoms with E-state index in [-0.39, 0.29) is 18.2 Å². The van der Waals surface area contributed by atoms with Crippen molar-refractivity contribution in [2.24, 2.45) is 0 Å². The molecule has 154 valence electrons. The lowest BCUT2D eigenvalue weighted by Gasteiger charge is -2.34. The molecule has 0 saturated carbocycles. The Kier molecular flexibility index (Phi) is 4.83. The fourth-order valence-electron chi connectivity index (χ4n) is 4.54. The number of H-pyrrole nitrogens is 1. The molecule has 2 fully saturated rings. The van der Waals surface area contributed by atoms with E-state index in [0.29, 0.717) is 16.6 Å². The Bertz CT molecular complexity index is 1100. The van der Waals surface area contributed by atoms with Crippen LogP contribution in [0.1, 0.15) is 36.6 Å². The molecule has 0 spiro atoms. The molecule has 1 unspecified atom stereocenters. The van der Waals surface area contributed by atoms with Crippen molar-refractivity contribution in [2.45, 2.75) is 38.1 Å². The molecule has 2 aromatic carbocycles. The summed E-state index contributed by atoms with van der Waals surface area (Å²) in [4.78, 5) is 37.3. The molecule has 2 aliphatic rings. The number of aromatic amines is 1. The van der Waals surface area contributed by atoms with Crippen LogP contribution in [0.15, 0.2) is 42.5 Å². The molecule has 5 rings (SSSR count). The number of para-hydroxylation sites is 2. The number of nitrogens with zero attached hydrogens (tertiary/aromatic N) is 3. The number of fused-ring (bicyclic) bond motifs is 1. The van der Waals surface area contributed by atoms with Gasteiger partial charge in [0.25, 0.3) is 5.91 Å². The number of likely N-dealkylation sites (tertiary alicyclic amines) is 1. The predicted molar refractivity (Wildman–Crippen MR) is 117 cm³/mol. The first-order valence-electron chi connectivity index (χ1n) is 10.3. The Balaban J connectivity index is 1.28. The molecule has 6 nitrogen and oxygen atoms in total. The number of anilines is 1. The number of aromatic nitrogens is 2. The molecule has 7 heteroatoms. The van der Waals surface area contributed by atoms with Crippen LogP contribution in [-0.4, -0.2) is 45.8 Å². The van der Waals surface area contributed by atoms with Crippen molar-refractivity contribution >= 4 is 40.1 Å². The van der Waals surface area contributed by atoms with Gasteiger partial charge in [0.15, 0.2) is 0 Å². The third-order valence-corrected chi connectivity index (χ3v) is 6.71. The summed E-state index contributed by atoms with van der Waals surface area (Å²) in [5.74, 6) is 1.04. The van der Waals surface area contributed by atoms with Crippen molar-refractivity contribution in [1.29, 1.82) is 0 Å². The van der Waals surface area contributed by atoms with Crippen LogP contribution in [0.5, 0.6) is 0 Å². The lowest BCUT2D eigenvalue weighted by atomic mass is 9.95. The predicted octanol–water partition coefficient (Wildman–Crippen LogP) is 4.04. The topological polar surface area (TPSA) is 69.3 Å². The van der Waals surface area contributed by atoms with E-state index >= 15 is 0 Å². The van der Waals surface area contributed by atoms with Crippen molar-refractivity contribution in [3.8, 4) is 0 Å². The monoisotopic (exact) mass is 422 g/mol. The van der Waals surface area contributed by atoms with Crippen LogP contribution >= 0.6 is 11.6 Å². The van der Waals surface area contributed by atoms with E-state index in [2.05, 4.69) is 9.88 Å². The third kappa shape index (κ3) is 3.30. The van der Waals surface area contributed by atoms with E-state index < -0.39 is 6.04 Å². The second-order valence-corrected chi connectivity index (χ2v) is 8.58. The van der Waals surface area contributed by atoms with Crippen molar-refractivity contribution < 1.29 is 9.59 Å². The summed E-state index contributed by atoms with van der Waals surface area (Å²) in [6.07, 6.45) is 2.04. The van der Waals surface area contributed by atoms with Gasteiger partial charge in [0.05, 0.1) is 29.2 Å². The number of imide groups is 1. The highest BCUT2D eigenvalue weighted by atomic mass is 35.5. The van der Waals surface area contributed by atoms with Crippen LogP contribution in [0.2, 0.25) is 5.02 Å². The van der Waals surface area contributed by atoms with Crippen LogP contribution in [0.4, 0.5) is 5.69 Å². The smallest absolute Gasteiger partial charge is 0.251 e. The molecule has 1 N–H and O–H groups in total. The van der Waals surface area contributed by atoms with Gasteiger partial charge in [0.2, 0.25) is 5.91 Å². The van der Waals surface area contributed by atoms with Gasteiger partial charge in [0.1, 0.15) is 5.82 Å². The summed E-state index contributed by atoms with van der Waals surface area (Å²) in [6, 6.07) is 13.0. The van der Waals surface area contributed by atoms with Gasteiger partial charge in [-0.3, -0.25) is 14.5 Å². The largest absolute Gasteiger partial charge is 0.342 e. The highest BCUT2D eigenvalue weighted by Gasteiger charge is 2.43. The van der Waals surface area contributed by atoms with Crippen molar-refractivity contribution in [2.75, 3.05) is 18.0 Å². The summed E-state index contributed by atoms with van der Waals surface area (Å²) in [5, 5.41) is 0.559. The Morgan fingerprint density at radius 1 is 1.10 bits per heavy atom. The van der Waals surface area contributed by atoms with Gasteiger partial charge in [-0.2, -0.15) is 0 Å². The standard InChI is InChI=1S/C23H23ClN4O2/c1-14-6-7-16(12-17(14)24)28-21(29)13-20(23(28)30)27-10-8-15(9-11-27)22-25-18-4-2-3-5-19(18)26-22/h2-7,12,15,20H,8-11,13H2,1H3,(H,25,26). The van der Waals surface area contributed by atoms with E-state index in [0.717, 1.165) is 48.4 Å². The fourth-order valence-corrected chi connectivity index (χ4v) is 4.72. The maximum Gasteiger partial charge on any atom is 0.251 e. The molecule has 30 heavy (non-hydrogen) atoms. The first kappa shape index (κ1) is 19.3. The number of hydrogen-bond acceptors (Lipinski definition) is 4. The van der Waals surface area contributed by atoms with E-state index in [1.807, 2.05) is 37.3 Å². The Morgan fingerprint density at radius 3 is 2.60 bits per heavy atom. The van der Waals surface area contributed by atoms with Crippen molar-refractivity contribution in [1.82, 2.24) is 14.9 Å². The number of piperidine rings is 1. The maximum absolute atomic E-state index is 13.1. The van der Waals surface area contributed by atoms with Crippen LogP contribution in [0, 0.1) is 6.92 Å². The molecule has 2 aliphatic heterocycles. The SMILES string of the molecule is Cc1ccc(N2C(=O)CC(N3CCC(c4nc5ccccc5[nH]4)CC3)C2=O)cc1Cl. The van der Waals surface area contributed by atoms with Gasteiger partial charge in [0, 0.05) is 10.9 Å². The average Bonchev–Trinajstić information content (AvgIpc) is 3.31. The van der Waals surface area contributed by atoms with E-state index in [9.17, 15) is 9.59 Å². The lowest BCUT2D eigenvalue weighted by molar-refractivity contribution is -0.123. The number of carbonyl (C=O) groups is 2. The molecule has 1 aromatic heterocycles. The van der Waals surface area contributed by atoms with Gasteiger partial charge >= 0.3 is 0 Å². The molecule has 2 amide bonds. The summed E-state index contributed by atoms with van der Waals surface area (Å²) < 4.78 is 0. The summed E-state index contributed by atoms with van der Waals surface area (Å²) in [7, 11) is 0. The number of halogens is 1. The highest BCUT2D eigenvalue weighted by Crippen LogP contribution is 2.33. The Labute approximate surface area is 179 Å². The minimum atomic E-state index is -0.394. The fraction of sp³-hybridized carbons (Fsp3) is 0.348. The molecule has 3 aromatic rings. The van der Waals surface area contributed by atoms with E-state index in [1.54, 1.807) is 12.1 Å². The summed E-state index contributed by atoms with van der Waals surface area (Å²) in [5.41, 5.74) is 3.52. The lowest BCUT2D eigenvalue weighted by Crippen LogP contribution is -2.45. The number of aryl methyl sites for hydroxylation is 1. The van der Waals surface area contributed by atoms with E-state index in [1.165, 1.54) is 4.90 Å². The zero-order valence-electron chi connectivity index (χ0n) is 16.8. The number of carbonyl (C=O) groups excluding carboxylic acids is 2. The minimum absolute atomic E-state index is 0.151. The maximum atomic E-state index is 13.1. The molecular formula is C23H23ClN4O2. The Morgan fingerprint density at radius 2 is 1.87 bits per heavy atom. The number of rotatable bonds is 3. The minimum Gasteiger partial charge on any atom is -0.342 e. The first-order chi connectivity index (χ1) is 14.5. The van der Waals surface area contributed by atoms with Crippen molar-refractivity contribution in [3.05, 3.63) is 58.9 Å². The van der Waals surface area contributed by atoms with Gasteiger partial charge < -0.3 is 4.98 Å². The molecule has 0 radical (unpaired) electrons. The molecular weight excluding hydrogens is 400 g/mol. The molecule has 1 atom stereocenters. The summed E-state index contributed by atoms with van der Waals surface area (Å²) >= 11 is 6.21. The van der Waals surface area contributed by atoms with Crippen molar-refractivity contribution in [3.63, 3.8) is 0 Å². The Hall–Kier alpha value is -2.70. The molecule has 3 heterocycles. The van der Waals surface area contributed by atoms with Crippen LogP contribution < -0.4 is 4.90 Å². The van der Waals surface area contributed by atoms with E-state index in [4.69, 9.17) is 16.6 Å². The third-order valence-electron chi connectivity index (χ3n) is 6.30. The normalized spacial score (nSPS) is 21.1.